The Morgan fingerprint density at radius 1 is 1.28 bits per heavy atom. The molecule has 0 fully saturated rings. The lowest BCUT2D eigenvalue weighted by Gasteiger charge is -2.32. The SMILES string of the molecule is Cc1nc(Cl)c(C)c(NC(CCO)C(C)(C)C)n1. The number of nitrogens with zero attached hydrogens (tertiary/aromatic N) is 2. The zero-order valence-corrected chi connectivity index (χ0v) is 12.5. The summed E-state index contributed by atoms with van der Waals surface area (Å²) in [5.74, 6) is 1.39. The van der Waals surface area contributed by atoms with E-state index in [1.54, 1.807) is 0 Å². The molecule has 1 aromatic rings. The molecule has 5 heteroatoms. The lowest BCUT2D eigenvalue weighted by Crippen LogP contribution is -2.35. The maximum absolute atomic E-state index is 9.16. The van der Waals surface area contributed by atoms with Gasteiger partial charge in [-0.1, -0.05) is 32.4 Å². The van der Waals surface area contributed by atoms with E-state index < -0.39 is 0 Å². The van der Waals surface area contributed by atoms with Crippen molar-refractivity contribution in [2.24, 2.45) is 5.41 Å². The van der Waals surface area contributed by atoms with E-state index in [1.807, 2.05) is 13.8 Å². The highest BCUT2D eigenvalue weighted by Crippen LogP contribution is 2.27. The second kappa shape index (κ2) is 5.85. The van der Waals surface area contributed by atoms with Crippen LogP contribution in [-0.4, -0.2) is 27.7 Å². The molecular weight excluding hydrogens is 250 g/mol. The average molecular weight is 272 g/mol. The first-order valence-corrected chi connectivity index (χ1v) is 6.51. The number of anilines is 1. The van der Waals surface area contributed by atoms with Gasteiger partial charge in [0.25, 0.3) is 0 Å². The predicted octanol–water partition coefficient (Wildman–Crippen LogP) is 2.96. The minimum absolute atomic E-state index is 0.0283. The summed E-state index contributed by atoms with van der Waals surface area (Å²) >= 11 is 6.05. The number of aliphatic hydroxyl groups excluding tert-OH is 1. The molecule has 1 atom stereocenters. The van der Waals surface area contributed by atoms with E-state index in [0.717, 1.165) is 11.4 Å². The molecule has 102 valence electrons. The van der Waals surface area contributed by atoms with Crippen molar-refractivity contribution in [2.75, 3.05) is 11.9 Å². The van der Waals surface area contributed by atoms with Crippen LogP contribution in [0.5, 0.6) is 0 Å². The Morgan fingerprint density at radius 2 is 1.89 bits per heavy atom. The van der Waals surface area contributed by atoms with Gasteiger partial charge in [-0.05, 0) is 25.7 Å². The van der Waals surface area contributed by atoms with Gasteiger partial charge in [-0.3, -0.25) is 0 Å². The normalized spacial score (nSPS) is 13.5. The highest BCUT2D eigenvalue weighted by Gasteiger charge is 2.25. The minimum Gasteiger partial charge on any atom is -0.396 e. The summed E-state index contributed by atoms with van der Waals surface area (Å²) in [7, 11) is 0. The average Bonchev–Trinajstić information content (AvgIpc) is 2.23. The lowest BCUT2D eigenvalue weighted by molar-refractivity contribution is 0.235. The number of aromatic nitrogens is 2. The summed E-state index contributed by atoms with van der Waals surface area (Å²) in [6, 6.07) is 0.131. The van der Waals surface area contributed by atoms with Gasteiger partial charge in [0.1, 0.15) is 16.8 Å². The van der Waals surface area contributed by atoms with E-state index in [1.165, 1.54) is 0 Å². The first kappa shape index (κ1) is 15.2. The number of aryl methyl sites for hydroxylation is 1. The fourth-order valence-electron chi connectivity index (χ4n) is 1.75. The second-order valence-corrected chi connectivity index (χ2v) is 5.97. The Bertz CT molecular complexity index is 415. The standard InChI is InChI=1S/C13H22ClN3O/c1-8-11(14)15-9(2)16-12(8)17-10(6-7-18)13(3,4)5/h10,18H,6-7H2,1-5H3,(H,15,16,17). The van der Waals surface area contributed by atoms with Crippen molar-refractivity contribution in [1.29, 1.82) is 0 Å². The van der Waals surface area contributed by atoms with Crippen LogP contribution in [0.4, 0.5) is 5.82 Å². The third kappa shape index (κ3) is 3.82. The Kier molecular flexibility index (Phi) is 4.93. The molecule has 0 bridgehead atoms. The molecule has 0 aliphatic heterocycles. The van der Waals surface area contributed by atoms with Gasteiger partial charge in [-0.15, -0.1) is 0 Å². The molecule has 18 heavy (non-hydrogen) atoms. The molecule has 0 aliphatic rings. The van der Waals surface area contributed by atoms with Crippen LogP contribution in [0.15, 0.2) is 0 Å². The van der Waals surface area contributed by atoms with E-state index in [0.29, 0.717) is 17.4 Å². The summed E-state index contributed by atoms with van der Waals surface area (Å²) in [4.78, 5) is 8.50. The van der Waals surface area contributed by atoms with Crippen LogP contribution in [0.1, 0.15) is 38.6 Å². The Morgan fingerprint density at radius 3 is 2.39 bits per heavy atom. The minimum atomic E-state index is 0.0283. The monoisotopic (exact) mass is 271 g/mol. The van der Waals surface area contributed by atoms with Crippen molar-refractivity contribution in [1.82, 2.24) is 9.97 Å². The quantitative estimate of drug-likeness (QED) is 0.827. The van der Waals surface area contributed by atoms with Crippen LogP contribution in [0.3, 0.4) is 0 Å². The maximum atomic E-state index is 9.16. The van der Waals surface area contributed by atoms with Gasteiger partial charge in [0.05, 0.1) is 0 Å². The van der Waals surface area contributed by atoms with E-state index in [9.17, 15) is 0 Å². The molecule has 4 nitrogen and oxygen atoms in total. The van der Waals surface area contributed by atoms with Crippen LogP contribution in [-0.2, 0) is 0 Å². The fourth-order valence-corrected chi connectivity index (χ4v) is 1.96. The molecule has 1 unspecified atom stereocenters. The zero-order valence-electron chi connectivity index (χ0n) is 11.7. The first-order chi connectivity index (χ1) is 8.25. The van der Waals surface area contributed by atoms with E-state index in [-0.39, 0.29) is 18.1 Å². The highest BCUT2D eigenvalue weighted by atomic mass is 35.5. The largest absolute Gasteiger partial charge is 0.396 e. The van der Waals surface area contributed by atoms with Gasteiger partial charge in [-0.25, -0.2) is 9.97 Å². The Hall–Kier alpha value is -0.870. The number of nitrogens with one attached hydrogen (secondary N) is 1. The highest BCUT2D eigenvalue weighted by molar-refractivity contribution is 6.30. The summed E-state index contributed by atoms with van der Waals surface area (Å²) in [6.07, 6.45) is 0.670. The lowest BCUT2D eigenvalue weighted by atomic mass is 9.85. The molecule has 2 N–H and O–H groups in total. The van der Waals surface area contributed by atoms with Gasteiger partial charge in [-0.2, -0.15) is 0 Å². The van der Waals surface area contributed by atoms with Gasteiger partial charge >= 0.3 is 0 Å². The number of halogens is 1. The summed E-state index contributed by atoms with van der Waals surface area (Å²) < 4.78 is 0. The van der Waals surface area contributed by atoms with Crippen molar-refractivity contribution < 1.29 is 5.11 Å². The smallest absolute Gasteiger partial charge is 0.137 e. The van der Waals surface area contributed by atoms with Crippen LogP contribution >= 0.6 is 11.6 Å². The van der Waals surface area contributed by atoms with Crippen molar-refractivity contribution in [3.8, 4) is 0 Å². The molecule has 0 aliphatic carbocycles. The number of aliphatic hydroxyl groups is 1. The van der Waals surface area contributed by atoms with Crippen LogP contribution in [0.2, 0.25) is 5.15 Å². The third-order valence-corrected chi connectivity index (χ3v) is 3.34. The van der Waals surface area contributed by atoms with Crippen LogP contribution in [0, 0.1) is 19.3 Å². The number of hydrogen-bond donors (Lipinski definition) is 2. The van der Waals surface area contributed by atoms with Gasteiger partial charge in [0.2, 0.25) is 0 Å². The fraction of sp³-hybridized carbons (Fsp3) is 0.692. The molecule has 0 aromatic carbocycles. The predicted molar refractivity (Wildman–Crippen MR) is 75.1 cm³/mol. The van der Waals surface area contributed by atoms with Crippen LogP contribution < -0.4 is 5.32 Å². The number of rotatable bonds is 4. The van der Waals surface area contributed by atoms with Gasteiger partial charge < -0.3 is 10.4 Å². The molecule has 1 heterocycles. The summed E-state index contributed by atoms with van der Waals surface area (Å²) in [5.41, 5.74) is 0.870. The molecule has 0 saturated carbocycles. The summed E-state index contributed by atoms with van der Waals surface area (Å²) in [5, 5.41) is 13.0. The summed E-state index contributed by atoms with van der Waals surface area (Å²) in [6.45, 7) is 10.2. The van der Waals surface area contributed by atoms with Crippen LogP contribution in [0.25, 0.3) is 0 Å². The van der Waals surface area contributed by atoms with E-state index >= 15 is 0 Å². The van der Waals surface area contributed by atoms with Crippen molar-refractivity contribution in [3.63, 3.8) is 0 Å². The Balaban J connectivity index is 3.01. The number of hydrogen-bond acceptors (Lipinski definition) is 4. The third-order valence-electron chi connectivity index (χ3n) is 2.97. The Labute approximate surface area is 114 Å². The van der Waals surface area contributed by atoms with Crippen molar-refractivity contribution >= 4 is 17.4 Å². The van der Waals surface area contributed by atoms with Gasteiger partial charge in [0.15, 0.2) is 0 Å². The van der Waals surface area contributed by atoms with Crippen molar-refractivity contribution in [2.45, 2.75) is 47.1 Å². The maximum Gasteiger partial charge on any atom is 0.137 e. The van der Waals surface area contributed by atoms with Crippen molar-refractivity contribution in [3.05, 3.63) is 16.5 Å². The molecule has 1 aromatic heterocycles. The second-order valence-electron chi connectivity index (χ2n) is 5.61. The molecule has 0 spiro atoms. The molecular formula is C13H22ClN3O. The molecule has 0 radical (unpaired) electrons. The van der Waals surface area contributed by atoms with E-state index in [2.05, 4.69) is 36.1 Å². The van der Waals surface area contributed by atoms with E-state index in [4.69, 9.17) is 16.7 Å². The topological polar surface area (TPSA) is 58.0 Å². The molecule has 0 saturated heterocycles. The molecule has 0 amide bonds. The first-order valence-electron chi connectivity index (χ1n) is 6.14. The molecule has 1 rings (SSSR count). The van der Waals surface area contributed by atoms with Gasteiger partial charge in [0, 0.05) is 18.2 Å². The zero-order chi connectivity index (χ0) is 13.9.